The first-order chi connectivity index (χ1) is 12.7. The van der Waals surface area contributed by atoms with E-state index in [1.807, 2.05) is 6.08 Å². The monoisotopic (exact) mass is 354 g/mol. The standard InChI is InChI=1S/C24H34O2/c1-4-6-18(2)20-11-9-19(10-12-20)16-26-23-8-5-7-22(15-23)24(17-25-3)21-13-14-21/h4-8,15,19-21,24H,1,9-14,16-17H2,2-3H3/b18-6+. The second-order valence-electron chi connectivity index (χ2n) is 8.15. The first-order valence-corrected chi connectivity index (χ1v) is 10.2. The molecule has 0 aromatic heterocycles. The van der Waals surface area contributed by atoms with Gasteiger partial charge in [-0.1, -0.05) is 36.4 Å². The second kappa shape index (κ2) is 9.41. The zero-order valence-electron chi connectivity index (χ0n) is 16.5. The van der Waals surface area contributed by atoms with Gasteiger partial charge in [-0.2, -0.15) is 0 Å². The highest BCUT2D eigenvalue weighted by molar-refractivity contribution is 5.32. The molecule has 1 aromatic carbocycles. The third-order valence-corrected chi connectivity index (χ3v) is 6.18. The van der Waals surface area contributed by atoms with E-state index in [9.17, 15) is 0 Å². The summed E-state index contributed by atoms with van der Waals surface area (Å²) in [5.41, 5.74) is 2.86. The van der Waals surface area contributed by atoms with Gasteiger partial charge in [0.15, 0.2) is 0 Å². The Morgan fingerprint density at radius 1 is 1.19 bits per heavy atom. The molecule has 0 heterocycles. The van der Waals surface area contributed by atoms with E-state index >= 15 is 0 Å². The maximum absolute atomic E-state index is 6.19. The van der Waals surface area contributed by atoms with Crippen LogP contribution in [0.2, 0.25) is 0 Å². The molecule has 2 aliphatic rings. The third-order valence-electron chi connectivity index (χ3n) is 6.18. The molecule has 1 unspecified atom stereocenters. The topological polar surface area (TPSA) is 18.5 Å². The van der Waals surface area contributed by atoms with Crippen LogP contribution in [0.3, 0.4) is 0 Å². The summed E-state index contributed by atoms with van der Waals surface area (Å²) in [6.07, 6.45) is 11.8. The molecule has 2 nitrogen and oxygen atoms in total. The van der Waals surface area contributed by atoms with Gasteiger partial charge in [0, 0.05) is 13.0 Å². The number of rotatable bonds is 9. The Hall–Kier alpha value is -1.54. The lowest BCUT2D eigenvalue weighted by molar-refractivity contribution is 0.171. The van der Waals surface area contributed by atoms with Crippen molar-refractivity contribution in [3.05, 3.63) is 54.1 Å². The maximum atomic E-state index is 6.19. The molecule has 1 aromatic rings. The van der Waals surface area contributed by atoms with Crippen LogP contribution < -0.4 is 4.74 Å². The largest absolute Gasteiger partial charge is 0.493 e. The first-order valence-electron chi connectivity index (χ1n) is 10.2. The van der Waals surface area contributed by atoms with Crippen LogP contribution in [0.25, 0.3) is 0 Å². The fourth-order valence-corrected chi connectivity index (χ4v) is 4.34. The lowest BCUT2D eigenvalue weighted by Gasteiger charge is -2.29. The number of ether oxygens (including phenoxy) is 2. The van der Waals surface area contributed by atoms with E-state index in [-0.39, 0.29) is 0 Å². The Morgan fingerprint density at radius 2 is 1.96 bits per heavy atom. The zero-order chi connectivity index (χ0) is 18.4. The van der Waals surface area contributed by atoms with Crippen LogP contribution in [0.15, 0.2) is 48.6 Å². The first kappa shape index (κ1) is 19.2. The van der Waals surface area contributed by atoms with Crippen molar-refractivity contribution in [3.63, 3.8) is 0 Å². The van der Waals surface area contributed by atoms with E-state index in [4.69, 9.17) is 9.47 Å². The van der Waals surface area contributed by atoms with Crippen LogP contribution in [-0.4, -0.2) is 20.3 Å². The summed E-state index contributed by atoms with van der Waals surface area (Å²) in [5, 5.41) is 0. The fourth-order valence-electron chi connectivity index (χ4n) is 4.34. The van der Waals surface area contributed by atoms with Gasteiger partial charge >= 0.3 is 0 Å². The van der Waals surface area contributed by atoms with Crippen molar-refractivity contribution >= 4 is 0 Å². The molecule has 0 radical (unpaired) electrons. The molecule has 0 saturated heterocycles. The summed E-state index contributed by atoms with van der Waals surface area (Å²) >= 11 is 0. The third kappa shape index (κ3) is 5.23. The van der Waals surface area contributed by atoms with E-state index < -0.39 is 0 Å². The molecule has 0 spiro atoms. The highest BCUT2D eigenvalue weighted by Gasteiger charge is 2.32. The Bertz CT molecular complexity index is 606. The van der Waals surface area contributed by atoms with E-state index in [1.54, 1.807) is 7.11 Å². The van der Waals surface area contributed by atoms with Crippen molar-refractivity contribution in [1.82, 2.24) is 0 Å². The normalized spacial score (nSPS) is 24.9. The maximum Gasteiger partial charge on any atom is 0.119 e. The quantitative estimate of drug-likeness (QED) is 0.496. The van der Waals surface area contributed by atoms with Crippen LogP contribution in [0.5, 0.6) is 5.75 Å². The Kier molecular flexibility index (Phi) is 6.96. The zero-order valence-corrected chi connectivity index (χ0v) is 16.5. The van der Waals surface area contributed by atoms with Gasteiger partial charge in [0.05, 0.1) is 13.2 Å². The fraction of sp³-hybridized carbons (Fsp3) is 0.583. The minimum atomic E-state index is 0.526. The van der Waals surface area contributed by atoms with E-state index in [2.05, 4.69) is 43.8 Å². The van der Waals surface area contributed by atoms with Crippen LogP contribution >= 0.6 is 0 Å². The molecule has 3 rings (SSSR count). The number of hydrogen-bond acceptors (Lipinski definition) is 2. The number of methoxy groups -OCH3 is 1. The predicted octanol–water partition coefficient (Wildman–Crippen LogP) is 6.14. The average Bonchev–Trinajstić information content (AvgIpc) is 3.50. The van der Waals surface area contributed by atoms with Crippen molar-refractivity contribution < 1.29 is 9.47 Å². The molecule has 0 amide bonds. The van der Waals surface area contributed by atoms with Crippen LogP contribution in [-0.2, 0) is 4.74 Å². The summed E-state index contributed by atoms with van der Waals surface area (Å²) < 4.78 is 11.6. The molecule has 2 fully saturated rings. The van der Waals surface area contributed by atoms with Gasteiger partial charge in [0.25, 0.3) is 0 Å². The minimum absolute atomic E-state index is 0.526. The Labute approximate surface area is 159 Å². The minimum Gasteiger partial charge on any atom is -0.493 e. The Morgan fingerprint density at radius 3 is 2.62 bits per heavy atom. The van der Waals surface area contributed by atoms with Gasteiger partial charge in [0.2, 0.25) is 0 Å². The number of hydrogen-bond donors (Lipinski definition) is 0. The van der Waals surface area contributed by atoms with Gasteiger partial charge in [-0.05, 0) is 80.9 Å². The molecule has 142 valence electrons. The van der Waals surface area contributed by atoms with Crippen molar-refractivity contribution in [3.8, 4) is 5.75 Å². The van der Waals surface area contributed by atoms with Gasteiger partial charge < -0.3 is 9.47 Å². The van der Waals surface area contributed by atoms with Crippen molar-refractivity contribution in [1.29, 1.82) is 0 Å². The molecule has 1 atom stereocenters. The lowest BCUT2D eigenvalue weighted by atomic mass is 9.79. The van der Waals surface area contributed by atoms with Crippen LogP contribution in [0.4, 0.5) is 0 Å². The second-order valence-corrected chi connectivity index (χ2v) is 8.15. The molecule has 0 bridgehead atoms. The van der Waals surface area contributed by atoms with Gasteiger partial charge in [-0.15, -0.1) is 0 Å². The molecular weight excluding hydrogens is 320 g/mol. The molecule has 2 aliphatic carbocycles. The predicted molar refractivity (Wildman–Crippen MR) is 109 cm³/mol. The van der Waals surface area contributed by atoms with Gasteiger partial charge in [-0.3, -0.25) is 0 Å². The number of benzene rings is 1. The van der Waals surface area contributed by atoms with Crippen molar-refractivity contribution in [2.45, 2.75) is 51.4 Å². The molecule has 26 heavy (non-hydrogen) atoms. The van der Waals surface area contributed by atoms with E-state index in [0.717, 1.165) is 30.8 Å². The summed E-state index contributed by atoms with van der Waals surface area (Å²) in [6, 6.07) is 8.71. The summed E-state index contributed by atoms with van der Waals surface area (Å²) in [6.45, 7) is 7.72. The van der Waals surface area contributed by atoms with Gasteiger partial charge in [0.1, 0.15) is 5.75 Å². The number of allylic oxidation sites excluding steroid dienone is 3. The average molecular weight is 355 g/mol. The molecular formula is C24H34O2. The van der Waals surface area contributed by atoms with Crippen molar-refractivity contribution in [2.24, 2.45) is 17.8 Å². The summed E-state index contributed by atoms with van der Waals surface area (Å²) in [4.78, 5) is 0. The van der Waals surface area contributed by atoms with Crippen LogP contribution in [0.1, 0.15) is 56.9 Å². The van der Waals surface area contributed by atoms with Gasteiger partial charge in [-0.25, -0.2) is 0 Å². The SMILES string of the molecule is C=C/C=C(\C)C1CCC(COc2cccc(C(COC)C3CC3)c2)CC1. The lowest BCUT2D eigenvalue weighted by Crippen LogP contribution is -2.20. The van der Waals surface area contributed by atoms with E-state index in [0.29, 0.717) is 11.8 Å². The Balaban J connectivity index is 1.50. The highest BCUT2D eigenvalue weighted by Crippen LogP contribution is 2.43. The summed E-state index contributed by atoms with van der Waals surface area (Å²) in [5.74, 6) is 3.77. The molecule has 0 aliphatic heterocycles. The van der Waals surface area contributed by atoms with E-state index in [1.165, 1.54) is 49.7 Å². The highest BCUT2D eigenvalue weighted by atomic mass is 16.5. The van der Waals surface area contributed by atoms with Crippen LogP contribution in [0, 0.1) is 17.8 Å². The summed E-state index contributed by atoms with van der Waals surface area (Å²) in [7, 11) is 1.80. The molecule has 2 heteroatoms. The smallest absolute Gasteiger partial charge is 0.119 e. The van der Waals surface area contributed by atoms with Crippen molar-refractivity contribution in [2.75, 3.05) is 20.3 Å². The molecule has 2 saturated carbocycles. The molecule has 0 N–H and O–H groups in total.